The molecule has 2 nitrogen and oxygen atoms in total. The van der Waals surface area contributed by atoms with Crippen LogP contribution in [-0.4, -0.2) is 10.7 Å². The molecular formula is C21H23NO. The zero-order valence-electron chi connectivity index (χ0n) is 14.0. The lowest BCUT2D eigenvalue weighted by molar-refractivity contribution is -0.0512. The molecule has 3 aromatic rings. The summed E-state index contributed by atoms with van der Waals surface area (Å²) in [5.74, 6) is 0. The summed E-state index contributed by atoms with van der Waals surface area (Å²) in [6.07, 6.45) is 1.27. The molecule has 0 spiro atoms. The zero-order valence-corrected chi connectivity index (χ0v) is 14.0. The predicted octanol–water partition coefficient (Wildman–Crippen LogP) is 5.02. The number of ether oxygens (including phenoxy) is 1. The molecular weight excluding hydrogens is 282 g/mol. The van der Waals surface area contributed by atoms with Gasteiger partial charge in [0.05, 0.1) is 11.8 Å². The standard InChI is InChI=1S/C21H23NO/c1-15-9-10-19-17(13-15)14-20-21(3,18-7-5-4-6-8-18)23-16(2)11-12-22(19)20/h4-10,13-14,16H,11-12H2,1-3H3. The number of benzene rings is 2. The minimum atomic E-state index is -0.413. The van der Waals surface area contributed by atoms with Gasteiger partial charge in [-0.1, -0.05) is 42.0 Å². The maximum absolute atomic E-state index is 6.55. The van der Waals surface area contributed by atoms with Crippen molar-refractivity contribution in [1.29, 1.82) is 0 Å². The normalized spacial score (nSPS) is 24.4. The van der Waals surface area contributed by atoms with Crippen LogP contribution in [0.15, 0.2) is 54.6 Å². The number of aryl methyl sites for hydroxylation is 2. The van der Waals surface area contributed by atoms with Crippen molar-refractivity contribution >= 4 is 10.9 Å². The van der Waals surface area contributed by atoms with Crippen molar-refractivity contribution in [2.45, 2.75) is 45.4 Å². The topological polar surface area (TPSA) is 14.2 Å². The number of aromatic nitrogens is 1. The molecule has 2 atom stereocenters. The maximum atomic E-state index is 6.55. The third-order valence-corrected chi connectivity index (χ3v) is 5.07. The van der Waals surface area contributed by atoms with Crippen LogP contribution in [0.2, 0.25) is 0 Å². The highest BCUT2D eigenvalue weighted by Gasteiger charge is 2.37. The second-order valence-corrected chi connectivity index (χ2v) is 6.86. The first-order valence-electron chi connectivity index (χ1n) is 8.41. The minimum absolute atomic E-state index is 0.237. The largest absolute Gasteiger partial charge is 0.361 e. The van der Waals surface area contributed by atoms with Crippen molar-refractivity contribution in [3.05, 3.63) is 71.4 Å². The van der Waals surface area contributed by atoms with Crippen LogP contribution in [0.25, 0.3) is 10.9 Å². The van der Waals surface area contributed by atoms with Crippen molar-refractivity contribution < 1.29 is 4.74 Å². The first-order valence-corrected chi connectivity index (χ1v) is 8.41. The van der Waals surface area contributed by atoms with Crippen LogP contribution >= 0.6 is 0 Å². The van der Waals surface area contributed by atoms with Crippen molar-refractivity contribution in [3.63, 3.8) is 0 Å². The Hall–Kier alpha value is -2.06. The van der Waals surface area contributed by atoms with Gasteiger partial charge < -0.3 is 9.30 Å². The van der Waals surface area contributed by atoms with E-state index in [0.717, 1.165) is 13.0 Å². The Kier molecular flexibility index (Phi) is 3.31. The highest BCUT2D eigenvalue weighted by Crippen LogP contribution is 2.40. The number of nitrogens with zero attached hydrogens (tertiary/aromatic N) is 1. The van der Waals surface area contributed by atoms with Gasteiger partial charge in [0.15, 0.2) is 0 Å². The first kappa shape index (κ1) is 14.5. The summed E-state index contributed by atoms with van der Waals surface area (Å²) in [5, 5.41) is 1.31. The Balaban J connectivity index is 1.99. The molecule has 1 aliphatic rings. The zero-order chi connectivity index (χ0) is 16.0. The molecule has 1 aliphatic heterocycles. The van der Waals surface area contributed by atoms with Crippen LogP contribution in [0.1, 0.15) is 37.1 Å². The third-order valence-electron chi connectivity index (χ3n) is 5.07. The van der Waals surface area contributed by atoms with Crippen LogP contribution in [0.3, 0.4) is 0 Å². The van der Waals surface area contributed by atoms with Gasteiger partial charge in [-0.25, -0.2) is 0 Å². The molecule has 4 rings (SSSR count). The van der Waals surface area contributed by atoms with Crippen LogP contribution in [-0.2, 0) is 16.9 Å². The van der Waals surface area contributed by atoms with Crippen LogP contribution in [0.5, 0.6) is 0 Å². The van der Waals surface area contributed by atoms with Gasteiger partial charge in [-0.05, 0) is 51.0 Å². The van der Waals surface area contributed by atoms with Gasteiger partial charge in [0, 0.05) is 17.4 Å². The van der Waals surface area contributed by atoms with Gasteiger partial charge in [0.1, 0.15) is 5.60 Å². The van der Waals surface area contributed by atoms with Crippen molar-refractivity contribution in [1.82, 2.24) is 4.57 Å². The molecule has 1 aromatic heterocycles. The lowest BCUT2D eigenvalue weighted by Gasteiger charge is -2.31. The smallest absolute Gasteiger partial charge is 0.130 e. The average Bonchev–Trinajstić information content (AvgIpc) is 2.86. The molecule has 0 saturated carbocycles. The summed E-state index contributed by atoms with van der Waals surface area (Å²) < 4.78 is 9.00. The van der Waals surface area contributed by atoms with Crippen molar-refractivity contribution in [2.75, 3.05) is 0 Å². The van der Waals surface area contributed by atoms with Crippen LogP contribution in [0.4, 0.5) is 0 Å². The van der Waals surface area contributed by atoms with Crippen molar-refractivity contribution in [2.24, 2.45) is 0 Å². The fraction of sp³-hybridized carbons (Fsp3) is 0.333. The van der Waals surface area contributed by atoms with E-state index in [9.17, 15) is 0 Å². The van der Waals surface area contributed by atoms with E-state index in [0.29, 0.717) is 0 Å². The lowest BCUT2D eigenvalue weighted by atomic mass is 9.91. The molecule has 0 N–H and O–H groups in total. The molecule has 2 heterocycles. The van der Waals surface area contributed by atoms with E-state index in [1.54, 1.807) is 0 Å². The Morgan fingerprint density at radius 3 is 2.65 bits per heavy atom. The summed E-state index contributed by atoms with van der Waals surface area (Å²) in [6, 6.07) is 19.6. The van der Waals surface area contributed by atoms with E-state index in [1.807, 2.05) is 0 Å². The first-order chi connectivity index (χ1) is 11.1. The summed E-state index contributed by atoms with van der Waals surface area (Å²) in [5.41, 5.74) is 4.67. The lowest BCUT2D eigenvalue weighted by Crippen LogP contribution is -2.31. The monoisotopic (exact) mass is 305 g/mol. The van der Waals surface area contributed by atoms with Gasteiger partial charge in [-0.3, -0.25) is 0 Å². The Morgan fingerprint density at radius 1 is 1.09 bits per heavy atom. The van der Waals surface area contributed by atoms with Crippen LogP contribution < -0.4 is 0 Å². The van der Waals surface area contributed by atoms with E-state index in [-0.39, 0.29) is 6.10 Å². The minimum Gasteiger partial charge on any atom is -0.361 e. The SMILES string of the molecule is Cc1ccc2c(c1)cc1n2CCC(C)OC1(C)c1ccccc1. The number of fused-ring (bicyclic) bond motifs is 3. The Bertz CT molecular complexity index is 849. The van der Waals surface area contributed by atoms with E-state index in [1.165, 1.54) is 27.7 Å². The van der Waals surface area contributed by atoms with Gasteiger partial charge >= 0.3 is 0 Å². The summed E-state index contributed by atoms with van der Waals surface area (Å²) in [6.45, 7) is 7.55. The van der Waals surface area contributed by atoms with Gasteiger partial charge in [0.2, 0.25) is 0 Å². The maximum Gasteiger partial charge on any atom is 0.130 e. The van der Waals surface area contributed by atoms with Crippen molar-refractivity contribution in [3.8, 4) is 0 Å². The number of rotatable bonds is 1. The molecule has 0 radical (unpaired) electrons. The Morgan fingerprint density at radius 2 is 1.87 bits per heavy atom. The number of hydrogen-bond donors (Lipinski definition) is 0. The van der Waals surface area contributed by atoms with Gasteiger partial charge in [0.25, 0.3) is 0 Å². The molecule has 0 amide bonds. The molecule has 2 unspecified atom stereocenters. The molecule has 118 valence electrons. The molecule has 0 bridgehead atoms. The van der Waals surface area contributed by atoms with E-state index < -0.39 is 5.60 Å². The van der Waals surface area contributed by atoms with E-state index in [2.05, 4.69) is 79.9 Å². The highest BCUT2D eigenvalue weighted by molar-refractivity contribution is 5.82. The van der Waals surface area contributed by atoms with E-state index >= 15 is 0 Å². The molecule has 2 heteroatoms. The summed E-state index contributed by atoms with van der Waals surface area (Å²) in [7, 11) is 0. The van der Waals surface area contributed by atoms with Crippen LogP contribution in [0, 0.1) is 6.92 Å². The number of hydrogen-bond acceptors (Lipinski definition) is 1. The predicted molar refractivity (Wildman–Crippen MR) is 94.7 cm³/mol. The van der Waals surface area contributed by atoms with Gasteiger partial charge in [-0.2, -0.15) is 0 Å². The quantitative estimate of drug-likeness (QED) is 0.615. The fourth-order valence-electron chi connectivity index (χ4n) is 3.83. The third kappa shape index (κ3) is 2.29. The molecule has 0 fully saturated rings. The second kappa shape index (κ2) is 5.24. The summed E-state index contributed by atoms with van der Waals surface area (Å²) in [4.78, 5) is 0. The van der Waals surface area contributed by atoms with Gasteiger partial charge in [-0.15, -0.1) is 0 Å². The van der Waals surface area contributed by atoms with E-state index in [4.69, 9.17) is 4.74 Å². The summed E-state index contributed by atoms with van der Waals surface area (Å²) >= 11 is 0. The Labute approximate surface area is 137 Å². The average molecular weight is 305 g/mol. The highest BCUT2D eigenvalue weighted by atomic mass is 16.5. The fourth-order valence-corrected chi connectivity index (χ4v) is 3.83. The molecule has 2 aromatic carbocycles. The molecule has 0 aliphatic carbocycles. The second-order valence-electron chi connectivity index (χ2n) is 6.86. The molecule has 0 saturated heterocycles. The molecule has 23 heavy (non-hydrogen) atoms.